The average molecular weight is 256 g/mol. The Hall–Kier alpha value is -1.39. The summed E-state index contributed by atoms with van der Waals surface area (Å²) in [7, 11) is 0. The number of rotatable bonds is 9. The standard InChI is InChI=1S/C13H24N2O3/c1-4-7-13(18)15-12(10(2)16)8-5-6-9-14-11(3)17/h12H,4-9H2,1-3H3,(H,14,17)(H,15,18)/t12-/m0/s1. The van der Waals surface area contributed by atoms with Crippen LogP contribution in [0.3, 0.4) is 0 Å². The fraction of sp³-hybridized carbons (Fsp3) is 0.769. The summed E-state index contributed by atoms with van der Waals surface area (Å²) in [6.07, 6.45) is 3.48. The summed E-state index contributed by atoms with van der Waals surface area (Å²) in [6, 6.07) is -0.388. The molecule has 0 unspecified atom stereocenters. The second kappa shape index (κ2) is 9.62. The van der Waals surface area contributed by atoms with Crippen molar-refractivity contribution in [2.75, 3.05) is 6.54 Å². The van der Waals surface area contributed by atoms with Gasteiger partial charge >= 0.3 is 0 Å². The van der Waals surface area contributed by atoms with Gasteiger partial charge in [-0.15, -0.1) is 0 Å². The highest BCUT2D eigenvalue weighted by atomic mass is 16.2. The molecule has 0 saturated heterocycles. The van der Waals surface area contributed by atoms with Crippen LogP contribution < -0.4 is 10.6 Å². The van der Waals surface area contributed by atoms with E-state index in [1.165, 1.54) is 13.8 Å². The Labute approximate surface area is 109 Å². The topological polar surface area (TPSA) is 75.3 Å². The van der Waals surface area contributed by atoms with E-state index in [1.807, 2.05) is 6.92 Å². The fourth-order valence-electron chi connectivity index (χ4n) is 1.61. The van der Waals surface area contributed by atoms with Crippen molar-refractivity contribution in [2.24, 2.45) is 0 Å². The van der Waals surface area contributed by atoms with E-state index in [1.54, 1.807) is 0 Å². The molecule has 0 rings (SSSR count). The normalized spacial score (nSPS) is 11.7. The highest BCUT2D eigenvalue weighted by molar-refractivity contribution is 5.87. The molecule has 18 heavy (non-hydrogen) atoms. The number of nitrogens with one attached hydrogen (secondary N) is 2. The number of unbranched alkanes of at least 4 members (excludes halogenated alkanes) is 1. The van der Waals surface area contributed by atoms with Crippen LogP contribution >= 0.6 is 0 Å². The molecule has 5 heteroatoms. The number of hydrogen-bond donors (Lipinski definition) is 2. The second-order valence-corrected chi connectivity index (χ2v) is 4.46. The van der Waals surface area contributed by atoms with Crippen molar-refractivity contribution in [3.63, 3.8) is 0 Å². The van der Waals surface area contributed by atoms with Gasteiger partial charge in [0.1, 0.15) is 0 Å². The summed E-state index contributed by atoms with van der Waals surface area (Å²) < 4.78 is 0. The first kappa shape index (κ1) is 16.6. The molecule has 0 aromatic rings. The van der Waals surface area contributed by atoms with Gasteiger partial charge in [-0.1, -0.05) is 6.92 Å². The van der Waals surface area contributed by atoms with Crippen LogP contribution in [0.15, 0.2) is 0 Å². The van der Waals surface area contributed by atoms with Crippen LogP contribution in [-0.4, -0.2) is 30.2 Å². The number of carbonyl (C=O) groups excluding carboxylic acids is 3. The molecule has 0 aromatic heterocycles. The van der Waals surface area contributed by atoms with E-state index >= 15 is 0 Å². The summed E-state index contributed by atoms with van der Waals surface area (Å²) in [5.41, 5.74) is 0. The smallest absolute Gasteiger partial charge is 0.220 e. The third-order valence-electron chi connectivity index (χ3n) is 2.60. The Bertz CT molecular complexity index is 290. The number of hydrogen-bond acceptors (Lipinski definition) is 3. The molecule has 0 aliphatic rings. The maximum absolute atomic E-state index is 11.4. The summed E-state index contributed by atoms with van der Waals surface area (Å²) in [5, 5.41) is 5.44. The molecule has 0 aromatic carbocycles. The Balaban J connectivity index is 3.87. The third kappa shape index (κ3) is 8.73. The van der Waals surface area contributed by atoms with E-state index in [-0.39, 0.29) is 23.6 Å². The van der Waals surface area contributed by atoms with Gasteiger partial charge < -0.3 is 10.6 Å². The first-order valence-electron chi connectivity index (χ1n) is 6.51. The molecule has 0 heterocycles. The molecular weight excluding hydrogens is 232 g/mol. The minimum absolute atomic E-state index is 0.0148. The molecule has 0 spiro atoms. The van der Waals surface area contributed by atoms with Gasteiger partial charge in [-0.2, -0.15) is 0 Å². The van der Waals surface area contributed by atoms with Gasteiger partial charge in [-0.3, -0.25) is 14.4 Å². The molecule has 2 amide bonds. The number of amides is 2. The first-order chi connectivity index (χ1) is 8.47. The molecule has 0 aliphatic carbocycles. The molecule has 104 valence electrons. The Morgan fingerprint density at radius 3 is 2.28 bits per heavy atom. The van der Waals surface area contributed by atoms with Crippen LogP contribution in [0.4, 0.5) is 0 Å². The van der Waals surface area contributed by atoms with Crippen molar-refractivity contribution in [1.82, 2.24) is 10.6 Å². The maximum atomic E-state index is 11.4. The van der Waals surface area contributed by atoms with Gasteiger partial charge in [-0.25, -0.2) is 0 Å². The van der Waals surface area contributed by atoms with E-state index < -0.39 is 0 Å². The van der Waals surface area contributed by atoms with Gasteiger partial charge in [0.2, 0.25) is 11.8 Å². The van der Waals surface area contributed by atoms with Crippen LogP contribution in [-0.2, 0) is 14.4 Å². The third-order valence-corrected chi connectivity index (χ3v) is 2.60. The second-order valence-electron chi connectivity index (χ2n) is 4.46. The van der Waals surface area contributed by atoms with Crippen molar-refractivity contribution in [3.8, 4) is 0 Å². The van der Waals surface area contributed by atoms with Crippen LogP contribution in [0.2, 0.25) is 0 Å². The summed E-state index contributed by atoms with van der Waals surface area (Å²) in [5.74, 6) is -0.132. The monoisotopic (exact) mass is 256 g/mol. The van der Waals surface area contributed by atoms with Crippen molar-refractivity contribution in [3.05, 3.63) is 0 Å². The summed E-state index contributed by atoms with van der Waals surface area (Å²) in [6.45, 7) is 5.51. The number of Topliss-reactive ketones (excluding diaryl/α,β-unsaturated/α-hetero) is 1. The number of ketones is 1. The van der Waals surface area contributed by atoms with E-state index in [0.717, 1.165) is 19.3 Å². The van der Waals surface area contributed by atoms with E-state index in [4.69, 9.17) is 0 Å². The van der Waals surface area contributed by atoms with Crippen LogP contribution in [0.1, 0.15) is 52.9 Å². The lowest BCUT2D eigenvalue weighted by Gasteiger charge is -2.15. The zero-order chi connectivity index (χ0) is 14.0. The van der Waals surface area contributed by atoms with Gasteiger partial charge in [0.15, 0.2) is 5.78 Å². The lowest BCUT2D eigenvalue weighted by atomic mass is 10.1. The first-order valence-corrected chi connectivity index (χ1v) is 6.51. The summed E-state index contributed by atoms with van der Waals surface area (Å²) in [4.78, 5) is 33.4. The summed E-state index contributed by atoms with van der Waals surface area (Å²) >= 11 is 0. The molecule has 0 bridgehead atoms. The lowest BCUT2D eigenvalue weighted by Crippen LogP contribution is -2.39. The zero-order valence-corrected chi connectivity index (χ0v) is 11.5. The fourth-order valence-corrected chi connectivity index (χ4v) is 1.61. The van der Waals surface area contributed by atoms with Crippen molar-refractivity contribution < 1.29 is 14.4 Å². The SMILES string of the molecule is CCCC(=O)N[C@@H](CCCCNC(C)=O)C(C)=O. The average Bonchev–Trinajstić information content (AvgIpc) is 2.26. The Morgan fingerprint density at radius 2 is 1.78 bits per heavy atom. The molecule has 2 N–H and O–H groups in total. The number of carbonyl (C=O) groups is 3. The van der Waals surface area contributed by atoms with Crippen molar-refractivity contribution in [1.29, 1.82) is 0 Å². The van der Waals surface area contributed by atoms with E-state index in [9.17, 15) is 14.4 Å². The largest absolute Gasteiger partial charge is 0.356 e. The van der Waals surface area contributed by atoms with Gasteiger partial charge in [0.25, 0.3) is 0 Å². The highest BCUT2D eigenvalue weighted by Crippen LogP contribution is 2.03. The Morgan fingerprint density at radius 1 is 1.11 bits per heavy atom. The predicted octanol–water partition coefficient (Wildman–Crippen LogP) is 1.17. The van der Waals surface area contributed by atoms with E-state index in [0.29, 0.717) is 19.4 Å². The van der Waals surface area contributed by atoms with Gasteiger partial charge in [-0.05, 0) is 32.6 Å². The maximum Gasteiger partial charge on any atom is 0.220 e. The quantitative estimate of drug-likeness (QED) is 0.608. The lowest BCUT2D eigenvalue weighted by molar-refractivity contribution is -0.127. The van der Waals surface area contributed by atoms with Gasteiger partial charge in [0, 0.05) is 19.9 Å². The van der Waals surface area contributed by atoms with Crippen LogP contribution in [0, 0.1) is 0 Å². The van der Waals surface area contributed by atoms with Crippen molar-refractivity contribution >= 4 is 17.6 Å². The molecule has 1 atom stereocenters. The van der Waals surface area contributed by atoms with Crippen molar-refractivity contribution in [2.45, 2.75) is 58.9 Å². The van der Waals surface area contributed by atoms with E-state index in [2.05, 4.69) is 10.6 Å². The minimum Gasteiger partial charge on any atom is -0.356 e. The minimum atomic E-state index is -0.388. The Kier molecular flexibility index (Phi) is 8.88. The van der Waals surface area contributed by atoms with Gasteiger partial charge in [0.05, 0.1) is 6.04 Å². The molecule has 0 aliphatic heterocycles. The van der Waals surface area contributed by atoms with Crippen LogP contribution in [0.25, 0.3) is 0 Å². The van der Waals surface area contributed by atoms with Crippen LogP contribution in [0.5, 0.6) is 0 Å². The molecular formula is C13H24N2O3. The zero-order valence-electron chi connectivity index (χ0n) is 11.5. The molecule has 0 radical (unpaired) electrons. The molecule has 5 nitrogen and oxygen atoms in total. The predicted molar refractivity (Wildman–Crippen MR) is 70.1 cm³/mol. The molecule has 0 saturated carbocycles. The molecule has 0 fully saturated rings. The highest BCUT2D eigenvalue weighted by Gasteiger charge is 2.15.